The van der Waals surface area contributed by atoms with Crippen LogP contribution >= 0.6 is 35.3 Å². The lowest BCUT2D eigenvalue weighted by Crippen LogP contribution is -2.39. The van der Waals surface area contributed by atoms with Crippen LogP contribution in [0.5, 0.6) is 0 Å². The predicted molar refractivity (Wildman–Crippen MR) is 114 cm³/mol. The zero-order valence-electron chi connectivity index (χ0n) is 14.6. The fourth-order valence-electron chi connectivity index (χ4n) is 1.97. The number of aromatic nitrogens is 2. The second-order valence-corrected chi connectivity index (χ2v) is 6.22. The van der Waals surface area contributed by atoms with Crippen molar-refractivity contribution in [2.24, 2.45) is 4.99 Å². The van der Waals surface area contributed by atoms with Crippen LogP contribution in [0.1, 0.15) is 24.3 Å². The van der Waals surface area contributed by atoms with E-state index in [1.54, 1.807) is 35.9 Å². The van der Waals surface area contributed by atoms with E-state index < -0.39 is 6.10 Å². The number of hydrogen-bond donors (Lipinski definition) is 3. The molecule has 0 bridgehead atoms. The summed E-state index contributed by atoms with van der Waals surface area (Å²) in [6.45, 7) is 3.61. The molecule has 0 amide bonds. The van der Waals surface area contributed by atoms with E-state index in [9.17, 15) is 5.11 Å². The third kappa shape index (κ3) is 7.12. The van der Waals surface area contributed by atoms with Crippen LogP contribution in [-0.4, -0.2) is 48.2 Å². The van der Waals surface area contributed by atoms with Crippen molar-refractivity contribution in [2.45, 2.75) is 19.6 Å². The molecule has 0 fully saturated rings. The van der Waals surface area contributed by atoms with Gasteiger partial charge in [0.25, 0.3) is 0 Å². The second-order valence-electron chi connectivity index (χ2n) is 5.39. The number of guanidine groups is 1. The number of nitrogens with one attached hydrogen (secondary N) is 2. The van der Waals surface area contributed by atoms with Crippen LogP contribution in [0.3, 0.4) is 0 Å². The Morgan fingerprint density at radius 1 is 1.32 bits per heavy atom. The zero-order valence-corrected chi connectivity index (χ0v) is 17.8. The van der Waals surface area contributed by atoms with Crippen LogP contribution in [0.4, 0.5) is 5.13 Å². The van der Waals surface area contributed by atoms with Crippen LogP contribution in [-0.2, 0) is 6.54 Å². The predicted octanol–water partition coefficient (Wildman–Crippen LogP) is 2.01. The third-order valence-corrected chi connectivity index (χ3v) is 4.28. The number of thiazole rings is 1. The van der Waals surface area contributed by atoms with Gasteiger partial charge in [0.15, 0.2) is 11.1 Å². The fourth-order valence-corrected chi connectivity index (χ4v) is 2.72. The standard InChI is InChI=1S/C16H24N6OS.HI/c1-4-18-15(19-9-13-11-24-16(21-13)22(2)3)20-10-14(23)12-5-7-17-8-6-12;/h5-8,11,14,23H,4,9-10H2,1-3H3,(H2,18,19,20);1H. The van der Waals surface area contributed by atoms with Gasteiger partial charge >= 0.3 is 0 Å². The first kappa shape index (κ1) is 21.6. The number of pyridine rings is 1. The molecular weight excluding hydrogens is 451 g/mol. The van der Waals surface area contributed by atoms with Crippen molar-refractivity contribution in [3.63, 3.8) is 0 Å². The van der Waals surface area contributed by atoms with Gasteiger partial charge in [-0.15, -0.1) is 35.3 Å². The molecule has 0 aromatic carbocycles. The van der Waals surface area contributed by atoms with Gasteiger partial charge in [-0.05, 0) is 24.6 Å². The Balaban J connectivity index is 0.00000312. The van der Waals surface area contributed by atoms with Crippen molar-refractivity contribution < 1.29 is 5.11 Å². The minimum absolute atomic E-state index is 0. The maximum absolute atomic E-state index is 10.2. The summed E-state index contributed by atoms with van der Waals surface area (Å²) in [4.78, 5) is 15.0. The molecule has 1 unspecified atom stereocenters. The number of nitrogens with zero attached hydrogens (tertiary/aromatic N) is 4. The van der Waals surface area contributed by atoms with Crippen LogP contribution in [0, 0.1) is 0 Å². The Bertz CT molecular complexity index is 649. The van der Waals surface area contributed by atoms with Gasteiger partial charge in [0.2, 0.25) is 0 Å². The Kier molecular flexibility index (Phi) is 9.68. The molecular formula is C16H25IN6OS. The Labute approximate surface area is 169 Å². The van der Waals surface area contributed by atoms with Crippen molar-refractivity contribution in [1.82, 2.24) is 20.6 Å². The topological polar surface area (TPSA) is 85.7 Å². The van der Waals surface area contributed by atoms with Gasteiger partial charge in [0.05, 0.1) is 18.3 Å². The summed E-state index contributed by atoms with van der Waals surface area (Å²) in [6.07, 6.45) is 2.72. The van der Waals surface area contributed by atoms with Crippen LogP contribution in [0.2, 0.25) is 0 Å². The lowest BCUT2D eigenvalue weighted by Gasteiger charge is -2.15. The normalized spacial score (nSPS) is 12.2. The van der Waals surface area contributed by atoms with Crippen molar-refractivity contribution >= 4 is 46.4 Å². The summed E-state index contributed by atoms with van der Waals surface area (Å²) in [5.74, 6) is 0.657. The van der Waals surface area contributed by atoms with Crippen molar-refractivity contribution in [3.8, 4) is 0 Å². The Hall–Kier alpha value is -1.46. The summed E-state index contributed by atoms with van der Waals surface area (Å²) in [7, 11) is 3.94. The lowest BCUT2D eigenvalue weighted by atomic mass is 10.1. The largest absolute Gasteiger partial charge is 0.387 e. The van der Waals surface area contributed by atoms with Crippen molar-refractivity contribution in [1.29, 1.82) is 0 Å². The van der Waals surface area contributed by atoms with Crippen molar-refractivity contribution in [2.75, 3.05) is 32.1 Å². The van der Waals surface area contributed by atoms with E-state index in [1.165, 1.54) is 0 Å². The third-order valence-electron chi connectivity index (χ3n) is 3.22. The van der Waals surface area contributed by atoms with Gasteiger partial charge in [-0.2, -0.15) is 0 Å². The van der Waals surface area contributed by atoms with E-state index in [4.69, 9.17) is 0 Å². The number of aliphatic imine (C=N–C) groups is 1. The minimum atomic E-state index is -0.614. The van der Waals surface area contributed by atoms with Gasteiger partial charge in [-0.3, -0.25) is 4.98 Å². The first-order valence-corrected chi connectivity index (χ1v) is 8.70. The van der Waals surface area contributed by atoms with Gasteiger partial charge in [-0.25, -0.2) is 9.98 Å². The number of halogens is 1. The van der Waals surface area contributed by atoms with Crippen LogP contribution < -0.4 is 15.5 Å². The molecule has 0 aliphatic heterocycles. The molecule has 138 valence electrons. The van der Waals surface area contributed by atoms with Gasteiger partial charge < -0.3 is 20.6 Å². The van der Waals surface area contributed by atoms with E-state index in [1.807, 2.05) is 31.3 Å². The molecule has 0 radical (unpaired) electrons. The lowest BCUT2D eigenvalue weighted by molar-refractivity contribution is 0.180. The quantitative estimate of drug-likeness (QED) is 0.322. The highest BCUT2D eigenvalue weighted by molar-refractivity contribution is 14.0. The molecule has 7 nitrogen and oxygen atoms in total. The molecule has 0 aliphatic carbocycles. The average Bonchev–Trinajstić information content (AvgIpc) is 3.07. The molecule has 2 aromatic heterocycles. The summed E-state index contributed by atoms with van der Waals surface area (Å²) in [6, 6.07) is 3.60. The van der Waals surface area contributed by atoms with E-state index in [0.29, 0.717) is 19.0 Å². The molecule has 9 heteroatoms. The average molecular weight is 476 g/mol. The van der Waals surface area contributed by atoms with Gasteiger partial charge in [-0.1, -0.05) is 0 Å². The summed E-state index contributed by atoms with van der Waals surface area (Å²) < 4.78 is 0. The van der Waals surface area contributed by atoms with Crippen LogP contribution in [0.25, 0.3) is 0 Å². The number of aliphatic hydroxyl groups is 1. The smallest absolute Gasteiger partial charge is 0.191 e. The number of aliphatic hydroxyl groups excluding tert-OH is 1. The molecule has 3 N–H and O–H groups in total. The zero-order chi connectivity index (χ0) is 17.4. The molecule has 2 rings (SSSR count). The maximum Gasteiger partial charge on any atom is 0.191 e. The SMILES string of the molecule is CCNC(=NCc1csc(N(C)C)n1)NCC(O)c1ccncc1.I. The number of hydrogen-bond acceptors (Lipinski definition) is 6. The highest BCUT2D eigenvalue weighted by atomic mass is 127. The van der Waals surface area contributed by atoms with Gasteiger partial charge in [0, 0.05) is 45.0 Å². The molecule has 2 aromatic rings. The van der Waals surface area contributed by atoms with E-state index in [0.717, 1.165) is 22.9 Å². The first-order chi connectivity index (χ1) is 11.6. The summed E-state index contributed by atoms with van der Waals surface area (Å²) in [5.41, 5.74) is 1.75. The highest BCUT2D eigenvalue weighted by Gasteiger charge is 2.08. The molecule has 1 atom stereocenters. The summed E-state index contributed by atoms with van der Waals surface area (Å²) >= 11 is 1.60. The van der Waals surface area contributed by atoms with E-state index in [-0.39, 0.29) is 24.0 Å². The molecule has 0 saturated carbocycles. The van der Waals surface area contributed by atoms with E-state index >= 15 is 0 Å². The minimum Gasteiger partial charge on any atom is -0.387 e. The Morgan fingerprint density at radius 3 is 2.64 bits per heavy atom. The fraction of sp³-hybridized carbons (Fsp3) is 0.438. The number of anilines is 1. The first-order valence-electron chi connectivity index (χ1n) is 7.82. The van der Waals surface area contributed by atoms with Gasteiger partial charge in [0.1, 0.15) is 0 Å². The molecule has 25 heavy (non-hydrogen) atoms. The highest BCUT2D eigenvalue weighted by Crippen LogP contribution is 2.18. The summed E-state index contributed by atoms with van der Waals surface area (Å²) in [5, 5.41) is 19.5. The molecule has 0 spiro atoms. The van der Waals surface area contributed by atoms with E-state index in [2.05, 4.69) is 25.6 Å². The second kappa shape index (κ2) is 11.2. The monoisotopic (exact) mass is 476 g/mol. The maximum atomic E-state index is 10.2. The Morgan fingerprint density at radius 2 is 2.04 bits per heavy atom. The van der Waals surface area contributed by atoms with Crippen molar-refractivity contribution in [3.05, 3.63) is 41.2 Å². The molecule has 2 heterocycles. The number of rotatable bonds is 7. The van der Waals surface area contributed by atoms with Crippen LogP contribution in [0.15, 0.2) is 34.9 Å². The molecule has 0 aliphatic rings. The molecule has 0 saturated heterocycles.